The second-order valence-corrected chi connectivity index (χ2v) is 4.88. The molecule has 0 spiro atoms. The molecule has 7 heteroatoms. The van der Waals surface area contributed by atoms with Crippen molar-refractivity contribution in [3.63, 3.8) is 0 Å². The number of H-pyrrole nitrogens is 1. The number of rotatable bonds is 5. The maximum Gasteiger partial charge on any atom is 0.262 e. The molecule has 0 unspecified atom stereocenters. The molecule has 0 fully saturated rings. The molecule has 23 heavy (non-hydrogen) atoms. The number of nitrogens with one attached hydrogen (secondary N) is 2. The molecule has 1 amide bonds. The Labute approximate surface area is 132 Å². The highest BCUT2D eigenvalue weighted by Crippen LogP contribution is 2.24. The number of hydrogen-bond donors (Lipinski definition) is 2. The van der Waals surface area contributed by atoms with Crippen molar-refractivity contribution in [3.05, 3.63) is 54.1 Å². The molecule has 0 saturated carbocycles. The maximum atomic E-state index is 12.1. The largest absolute Gasteiger partial charge is 0.483 e. The minimum Gasteiger partial charge on any atom is -0.483 e. The minimum absolute atomic E-state index is 0.0779. The molecule has 2 N–H and O–H groups in total. The number of hydrogen-bond acceptors (Lipinski definition) is 5. The van der Waals surface area contributed by atoms with E-state index in [2.05, 4.69) is 25.9 Å². The van der Waals surface area contributed by atoms with Crippen LogP contribution in [0.15, 0.2) is 48.5 Å². The zero-order valence-electron chi connectivity index (χ0n) is 12.5. The maximum absolute atomic E-state index is 12.1. The molecule has 3 rings (SSSR count). The van der Waals surface area contributed by atoms with Crippen LogP contribution in [-0.2, 0) is 4.79 Å². The summed E-state index contributed by atoms with van der Waals surface area (Å²) in [6.45, 7) is 1.85. The van der Waals surface area contributed by atoms with Gasteiger partial charge in [-0.2, -0.15) is 5.21 Å². The van der Waals surface area contributed by atoms with Crippen molar-refractivity contribution in [2.45, 2.75) is 6.92 Å². The highest BCUT2D eigenvalue weighted by atomic mass is 16.5. The Morgan fingerprint density at radius 3 is 2.74 bits per heavy atom. The summed E-state index contributed by atoms with van der Waals surface area (Å²) in [4.78, 5) is 12.1. The zero-order valence-corrected chi connectivity index (χ0v) is 12.5. The van der Waals surface area contributed by atoms with Crippen LogP contribution in [0.25, 0.3) is 11.4 Å². The van der Waals surface area contributed by atoms with Crippen molar-refractivity contribution < 1.29 is 9.53 Å². The first-order valence-electron chi connectivity index (χ1n) is 7.05. The summed E-state index contributed by atoms with van der Waals surface area (Å²) in [5.41, 5.74) is 2.27. The predicted octanol–water partition coefficient (Wildman–Crippen LogP) is 2.19. The van der Waals surface area contributed by atoms with Gasteiger partial charge >= 0.3 is 0 Å². The van der Waals surface area contributed by atoms with Crippen LogP contribution in [0.5, 0.6) is 5.75 Å². The summed E-state index contributed by atoms with van der Waals surface area (Å²) in [5, 5.41) is 16.6. The van der Waals surface area contributed by atoms with Crippen LogP contribution in [0.3, 0.4) is 0 Å². The highest BCUT2D eigenvalue weighted by Gasteiger charge is 2.12. The summed E-state index contributed by atoms with van der Waals surface area (Å²) >= 11 is 0. The van der Waals surface area contributed by atoms with Crippen molar-refractivity contribution in [3.8, 4) is 17.1 Å². The molecule has 0 aliphatic carbocycles. The molecule has 0 bridgehead atoms. The molecule has 1 aromatic heterocycles. The lowest BCUT2D eigenvalue weighted by molar-refractivity contribution is -0.118. The molecule has 116 valence electrons. The van der Waals surface area contributed by atoms with Crippen LogP contribution >= 0.6 is 0 Å². The Morgan fingerprint density at radius 1 is 1.17 bits per heavy atom. The summed E-state index contributed by atoms with van der Waals surface area (Å²) in [6.07, 6.45) is 0. The third-order valence-electron chi connectivity index (χ3n) is 3.24. The minimum atomic E-state index is -0.260. The quantitative estimate of drug-likeness (QED) is 0.753. The van der Waals surface area contributed by atoms with Crippen molar-refractivity contribution in [2.24, 2.45) is 0 Å². The Bertz CT molecular complexity index is 802. The summed E-state index contributed by atoms with van der Waals surface area (Å²) < 4.78 is 5.54. The second kappa shape index (κ2) is 6.69. The summed E-state index contributed by atoms with van der Waals surface area (Å²) in [6, 6.07) is 14.8. The highest BCUT2D eigenvalue weighted by molar-refractivity contribution is 5.95. The van der Waals surface area contributed by atoms with Gasteiger partial charge in [-0.25, -0.2) is 0 Å². The first-order chi connectivity index (χ1) is 11.2. The fourth-order valence-corrected chi connectivity index (χ4v) is 2.11. The Morgan fingerprint density at radius 2 is 1.96 bits per heavy atom. The smallest absolute Gasteiger partial charge is 0.262 e. The van der Waals surface area contributed by atoms with Gasteiger partial charge in [-0.1, -0.05) is 30.3 Å². The summed E-state index contributed by atoms with van der Waals surface area (Å²) in [5.74, 6) is 0.846. The number of amides is 1. The van der Waals surface area contributed by atoms with E-state index in [1.807, 2.05) is 49.4 Å². The third kappa shape index (κ3) is 3.52. The number of aromatic amines is 1. The van der Waals surface area contributed by atoms with Gasteiger partial charge in [0, 0.05) is 5.56 Å². The third-order valence-corrected chi connectivity index (χ3v) is 3.24. The van der Waals surface area contributed by atoms with Gasteiger partial charge in [0.25, 0.3) is 5.91 Å². The molecular weight excluding hydrogens is 294 g/mol. The monoisotopic (exact) mass is 309 g/mol. The lowest BCUT2D eigenvalue weighted by atomic mass is 10.1. The first kappa shape index (κ1) is 14.7. The van der Waals surface area contributed by atoms with Crippen molar-refractivity contribution in [2.75, 3.05) is 11.9 Å². The number of aryl methyl sites for hydroxylation is 1. The van der Waals surface area contributed by atoms with Crippen molar-refractivity contribution in [1.82, 2.24) is 20.6 Å². The van der Waals surface area contributed by atoms with Gasteiger partial charge in [-0.15, -0.1) is 10.2 Å². The van der Waals surface area contributed by atoms with Gasteiger partial charge in [0.05, 0.1) is 5.69 Å². The van der Waals surface area contributed by atoms with E-state index in [0.717, 1.165) is 5.56 Å². The number of carbonyl (C=O) groups is 1. The van der Waals surface area contributed by atoms with Gasteiger partial charge in [0.1, 0.15) is 5.75 Å². The topological polar surface area (TPSA) is 92.8 Å². The number of anilines is 1. The Kier molecular flexibility index (Phi) is 4.28. The van der Waals surface area contributed by atoms with Gasteiger partial charge in [-0.3, -0.25) is 4.79 Å². The van der Waals surface area contributed by atoms with Crippen molar-refractivity contribution in [1.29, 1.82) is 0 Å². The van der Waals surface area contributed by atoms with Crippen LogP contribution in [0, 0.1) is 6.92 Å². The molecule has 0 saturated heterocycles. The fourth-order valence-electron chi connectivity index (χ4n) is 2.11. The number of ether oxygens (including phenoxy) is 1. The van der Waals surface area contributed by atoms with Gasteiger partial charge in [0.15, 0.2) is 6.61 Å². The van der Waals surface area contributed by atoms with E-state index < -0.39 is 0 Å². The number of benzene rings is 2. The Hall–Kier alpha value is -3.22. The molecule has 0 aliphatic rings. The van der Waals surface area contributed by atoms with Gasteiger partial charge < -0.3 is 10.1 Å². The molecule has 0 aliphatic heterocycles. The number of para-hydroxylation sites is 2. The number of tetrazole rings is 1. The van der Waals surface area contributed by atoms with E-state index in [0.29, 0.717) is 22.8 Å². The summed E-state index contributed by atoms with van der Waals surface area (Å²) in [7, 11) is 0. The van der Waals surface area contributed by atoms with Crippen LogP contribution in [-0.4, -0.2) is 33.1 Å². The fraction of sp³-hybridized carbons (Fsp3) is 0.125. The molecule has 0 radical (unpaired) electrons. The van der Waals surface area contributed by atoms with Gasteiger partial charge in [-0.05, 0) is 35.9 Å². The van der Waals surface area contributed by atoms with E-state index in [9.17, 15) is 4.79 Å². The second-order valence-electron chi connectivity index (χ2n) is 4.88. The molecule has 3 aromatic rings. The average Bonchev–Trinajstić information content (AvgIpc) is 3.09. The van der Waals surface area contributed by atoms with Crippen molar-refractivity contribution >= 4 is 11.6 Å². The first-order valence-corrected chi connectivity index (χ1v) is 7.05. The number of aromatic nitrogens is 4. The average molecular weight is 309 g/mol. The van der Waals surface area contributed by atoms with E-state index in [1.165, 1.54) is 0 Å². The predicted molar refractivity (Wildman–Crippen MR) is 84.9 cm³/mol. The lowest BCUT2D eigenvalue weighted by Gasteiger charge is -2.11. The molecule has 1 heterocycles. The van der Waals surface area contributed by atoms with Crippen LogP contribution in [0.2, 0.25) is 0 Å². The zero-order chi connectivity index (χ0) is 16.1. The standard InChI is InChI=1S/C16H15N5O2/c1-11-6-2-5-9-14(11)23-10-15(22)17-13-8-4-3-7-12(13)16-18-20-21-19-16/h2-9H,10H2,1H3,(H,17,22)(H,18,19,20,21). The molecule has 0 atom stereocenters. The normalized spacial score (nSPS) is 10.3. The van der Waals surface area contributed by atoms with E-state index >= 15 is 0 Å². The molecule has 2 aromatic carbocycles. The number of nitrogens with zero attached hydrogens (tertiary/aromatic N) is 3. The van der Waals surface area contributed by atoms with E-state index in [4.69, 9.17) is 4.74 Å². The van der Waals surface area contributed by atoms with Gasteiger partial charge in [0.2, 0.25) is 5.82 Å². The van der Waals surface area contributed by atoms with Crippen LogP contribution in [0.4, 0.5) is 5.69 Å². The van der Waals surface area contributed by atoms with Crippen LogP contribution < -0.4 is 10.1 Å². The van der Waals surface area contributed by atoms with E-state index in [1.54, 1.807) is 6.07 Å². The Balaban J connectivity index is 1.68. The van der Waals surface area contributed by atoms with Crippen LogP contribution in [0.1, 0.15) is 5.56 Å². The number of carbonyl (C=O) groups excluding carboxylic acids is 1. The molecular formula is C16H15N5O2. The molecule has 7 nitrogen and oxygen atoms in total. The lowest BCUT2D eigenvalue weighted by Crippen LogP contribution is -2.20. The van der Waals surface area contributed by atoms with E-state index in [-0.39, 0.29) is 12.5 Å². The SMILES string of the molecule is Cc1ccccc1OCC(=O)Nc1ccccc1-c1nn[nH]n1.